The highest BCUT2D eigenvalue weighted by Crippen LogP contribution is 2.18. The highest BCUT2D eigenvalue weighted by atomic mass is 16.5. The maximum Gasteiger partial charge on any atom is 0.193 e. The maximum atomic E-state index is 5.43. The summed E-state index contributed by atoms with van der Waals surface area (Å²) in [7, 11) is 6.10. The van der Waals surface area contributed by atoms with Crippen molar-refractivity contribution in [3.8, 4) is 0 Å². The summed E-state index contributed by atoms with van der Waals surface area (Å²) in [6.07, 6.45) is 3.61. The van der Waals surface area contributed by atoms with Crippen LogP contribution in [-0.4, -0.2) is 64.9 Å². The third kappa shape index (κ3) is 6.04. The van der Waals surface area contributed by atoms with E-state index in [9.17, 15) is 0 Å². The van der Waals surface area contributed by atoms with Crippen LogP contribution in [-0.2, 0) is 4.74 Å². The number of ether oxygens (including phenoxy) is 1. The molecule has 0 unspecified atom stereocenters. The second-order valence-corrected chi connectivity index (χ2v) is 6.50. The monoisotopic (exact) mass is 332 g/mol. The highest BCUT2D eigenvalue weighted by molar-refractivity contribution is 5.79. The third-order valence-electron chi connectivity index (χ3n) is 4.71. The first-order valence-corrected chi connectivity index (χ1v) is 8.96. The van der Waals surface area contributed by atoms with Crippen molar-refractivity contribution in [3.05, 3.63) is 30.3 Å². The molecular formula is C19H32N4O. The molecule has 1 aliphatic rings. The Kier molecular flexibility index (Phi) is 7.89. The van der Waals surface area contributed by atoms with Crippen LogP contribution in [0.3, 0.4) is 0 Å². The lowest BCUT2D eigenvalue weighted by atomic mass is 9.96. The van der Waals surface area contributed by atoms with Crippen molar-refractivity contribution in [2.24, 2.45) is 10.9 Å². The van der Waals surface area contributed by atoms with Crippen molar-refractivity contribution in [2.75, 3.05) is 58.9 Å². The van der Waals surface area contributed by atoms with Gasteiger partial charge >= 0.3 is 0 Å². The molecular weight excluding hydrogens is 300 g/mol. The minimum absolute atomic E-state index is 0.795. The molecule has 1 N–H and O–H groups in total. The first kappa shape index (κ1) is 18.6. The van der Waals surface area contributed by atoms with E-state index in [-0.39, 0.29) is 0 Å². The molecule has 1 aromatic carbocycles. The normalized spacial score (nSPS) is 16.0. The second kappa shape index (κ2) is 10.2. The number of hydrogen-bond acceptors (Lipinski definition) is 3. The predicted molar refractivity (Wildman–Crippen MR) is 102 cm³/mol. The third-order valence-corrected chi connectivity index (χ3v) is 4.71. The summed E-state index contributed by atoms with van der Waals surface area (Å²) in [5, 5.41) is 3.47. The molecule has 5 nitrogen and oxygen atoms in total. The first-order chi connectivity index (χ1) is 11.7. The summed E-state index contributed by atoms with van der Waals surface area (Å²) >= 11 is 0. The topological polar surface area (TPSA) is 40.1 Å². The lowest BCUT2D eigenvalue weighted by Gasteiger charge is -2.27. The van der Waals surface area contributed by atoms with Crippen molar-refractivity contribution in [2.45, 2.75) is 19.3 Å². The van der Waals surface area contributed by atoms with E-state index < -0.39 is 0 Å². The Morgan fingerprint density at radius 1 is 1.17 bits per heavy atom. The first-order valence-electron chi connectivity index (χ1n) is 8.96. The van der Waals surface area contributed by atoms with E-state index in [1.807, 2.05) is 13.1 Å². The van der Waals surface area contributed by atoms with E-state index in [0.29, 0.717) is 0 Å². The van der Waals surface area contributed by atoms with E-state index in [1.165, 1.54) is 24.9 Å². The van der Waals surface area contributed by atoms with Crippen LogP contribution in [0.4, 0.5) is 5.69 Å². The van der Waals surface area contributed by atoms with Gasteiger partial charge in [-0.1, -0.05) is 18.2 Å². The quantitative estimate of drug-likeness (QED) is 0.615. The molecule has 0 bridgehead atoms. The van der Waals surface area contributed by atoms with Crippen LogP contribution in [0.25, 0.3) is 0 Å². The standard InChI is InChI=1S/C19H32N4O/c1-20-19(23(3)13-9-17-10-15-24-16-11-17)21-12-14-22(2)18-7-5-4-6-8-18/h4-8,17H,9-16H2,1-3H3,(H,20,21). The molecule has 0 spiro atoms. The van der Waals surface area contributed by atoms with E-state index in [0.717, 1.165) is 44.7 Å². The molecule has 2 rings (SSSR count). The molecule has 1 aliphatic heterocycles. The fourth-order valence-electron chi connectivity index (χ4n) is 3.05. The SMILES string of the molecule is CN=C(NCCN(C)c1ccccc1)N(C)CCC1CCOCC1. The molecule has 1 aromatic rings. The van der Waals surface area contributed by atoms with Gasteiger partial charge in [-0.25, -0.2) is 0 Å². The number of likely N-dealkylation sites (N-methyl/N-ethyl adjacent to an activating group) is 1. The molecule has 1 fully saturated rings. The maximum absolute atomic E-state index is 5.43. The number of nitrogens with zero attached hydrogens (tertiary/aromatic N) is 3. The van der Waals surface area contributed by atoms with E-state index in [2.05, 4.69) is 58.5 Å². The second-order valence-electron chi connectivity index (χ2n) is 6.50. The van der Waals surface area contributed by atoms with Crippen LogP contribution < -0.4 is 10.2 Å². The average molecular weight is 332 g/mol. The van der Waals surface area contributed by atoms with E-state index in [4.69, 9.17) is 4.74 Å². The Morgan fingerprint density at radius 3 is 2.54 bits per heavy atom. The van der Waals surface area contributed by atoms with E-state index >= 15 is 0 Å². The Morgan fingerprint density at radius 2 is 1.88 bits per heavy atom. The Labute approximate surface area is 146 Å². The van der Waals surface area contributed by atoms with Gasteiger partial charge < -0.3 is 19.9 Å². The minimum atomic E-state index is 0.795. The number of para-hydroxylation sites is 1. The van der Waals surface area contributed by atoms with Crippen LogP contribution in [0.2, 0.25) is 0 Å². The van der Waals surface area contributed by atoms with Crippen LogP contribution in [0.1, 0.15) is 19.3 Å². The summed E-state index contributed by atoms with van der Waals surface area (Å²) in [5.74, 6) is 1.77. The van der Waals surface area contributed by atoms with Gasteiger partial charge in [0.2, 0.25) is 0 Å². The molecule has 5 heteroatoms. The van der Waals surface area contributed by atoms with Gasteiger partial charge in [0.15, 0.2) is 5.96 Å². The smallest absolute Gasteiger partial charge is 0.193 e. The highest BCUT2D eigenvalue weighted by Gasteiger charge is 2.15. The van der Waals surface area contributed by atoms with Gasteiger partial charge in [-0.15, -0.1) is 0 Å². The summed E-state index contributed by atoms with van der Waals surface area (Å²) in [5.41, 5.74) is 1.24. The summed E-state index contributed by atoms with van der Waals surface area (Å²) < 4.78 is 5.43. The lowest BCUT2D eigenvalue weighted by Crippen LogP contribution is -2.42. The predicted octanol–water partition coefficient (Wildman–Crippen LogP) is 2.45. The molecule has 1 saturated heterocycles. The Balaban J connectivity index is 1.69. The number of guanidine groups is 1. The fraction of sp³-hybridized carbons (Fsp3) is 0.632. The number of rotatable bonds is 7. The van der Waals surface area contributed by atoms with Gasteiger partial charge in [-0.2, -0.15) is 0 Å². The van der Waals surface area contributed by atoms with Gasteiger partial charge in [0.25, 0.3) is 0 Å². The van der Waals surface area contributed by atoms with Crippen molar-refractivity contribution in [1.82, 2.24) is 10.2 Å². The van der Waals surface area contributed by atoms with Crippen LogP contribution >= 0.6 is 0 Å². The molecule has 0 aliphatic carbocycles. The van der Waals surface area contributed by atoms with Crippen molar-refractivity contribution < 1.29 is 4.74 Å². The van der Waals surface area contributed by atoms with E-state index in [1.54, 1.807) is 0 Å². The molecule has 1 heterocycles. The Bertz CT molecular complexity index is 485. The molecule has 0 radical (unpaired) electrons. The number of aliphatic imine (C=N–C) groups is 1. The van der Waals surface area contributed by atoms with Crippen LogP contribution in [0.15, 0.2) is 35.3 Å². The zero-order chi connectivity index (χ0) is 17.2. The minimum Gasteiger partial charge on any atom is -0.381 e. The molecule has 0 atom stereocenters. The molecule has 0 aromatic heterocycles. The fourth-order valence-corrected chi connectivity index (χ4v) is 3.05. The largest absolute Gasteiger partial charge is 0.381 e. The number of benzene rings is 1. The van der Waals surface area contributed by atoms with Crippen molar-refractivity contribution in [3.63, 3.8) is 0 Å². The van der Waals surface area contributed by atoms with Crippen LogP contribution in [0, 0.1) is 5.92 Å². The molecule has 0 amide bonds. The summed E-state index contributed by atoms with van der Waals surface area (Å²) in [6.45, 7) is 4.70. The van der Waals surface area contributed by atoms with Crippen molar-refractivity contribution >= 4 is 11.6 Å². The zero-order valence-electron chi connectivity index (χ0n) is 15.4. The van der Waals surface area contributed by atoms with Gasteiger partial charge in [-0.3, -0.25) is 4.99 Å². The summed E-state index contributed by atoms with van der Waals surface area (Å²) in [4.78, 5) is 8.90. The average Bonchev–Trinajstić information content (AvgIpc) is 2.64. The number of anilines is 1. The molecule has 134 valence electrons. The molecule has 0 saturated carbocycles. The van der Waals surface area contributed by atoms with Gasteiger partial charge in [0.1, 0.15) is 0 Å². The van der Waals surface area contributed by atoms with Gasteiger partial charge in [0, 0.05) is 59.7 Å². The Hall–Kier alpha value is -1.75. The number of nitrogens with one attached hydrogen (secondary N) is 1. The number of hydrogen-bond donors (Lipinski definition) is 1. The zero-order valence-corrected chi connectivity index (χ0v) is 15.4. The van der Waals surface area contributed by atoms with Gasteiger partial charge in [0.05, 0.1) is 0 Å². The lowest BCUT2D eigenvalue weighted by molar-refractivity contribution is 0.0625. The summed E-state index contributed by atoms with van der Waals surface area (Å²) in [6, 6.07) is 10.5. The van der Waals surface area contributed by atoms with Crippen LogP contribution in [0.5, 0.6) is 0 Å². The van der Waals surface area contributed by atoms with Gasteiger partial charge in [-0.05, 0) is 37.3 Å². The van der Waals surface area contributed by atoms with Crippen molar-refractivity contribution in [1.29, 1.82) is 0 Å². The molecule has 24 heavy (non-hydrogen) atoms.